The number of aliphatic hydroxyl groups excluding tert-OH is 1. The predicted octanol–water partition coefficient (Wildman–Crippen LogP) is 4.51. The molecule has 9 nitrogen and oxygen atoms in total. The highest BCUT2D eigenvalue weighted by molar-refractivity contribution is 7.99. The van der Waals surface area contributed by atoms with E-state index in [1.54, 1.807) is 24.4 Å². The van der Waals surface area contributed by atoms with Gasteiger partial charge >= 0.3 is 0 Å². The highest BCUT2D eigenvalue weighted by Gasteiger charge is 2.34. The Morgan fingerprint density at radius 3 is 2.77 bits per heavy atom. The molecule has 3 heterocycles. The summed E-state index contributed by atoms with van der Waals surface area (Å²) in [6.07, 6.45) is 4.39. The average molecular weight is 586 g/mol. The lowest BCUT2D eigenvalue weighted by atomic mass is 10.1. The Bertz CT molecular complexity index is 1340. The molecule has 2 fully saturated rings. The first kappa shape index (κ1) is 28.7. The SMILES string of the molecule is CN1CCN(C2CCC(C(=O)Nc3cc(Nc4cc(-c5cc(Cl)ccc5F)nnc4SCCO)ccn3)C2)CC1. The lowest BCUT2D eigenvalue weighted by molar-refractivity contribution is -0.119. The Balaban J connectivity index is 1.28. The van der Waals surface area contributed by atoms with E-state index in [2.05, 4.69) is 42.7 Å². The van der Waals surface area contributed by atoms with E-state index in [1.807, 2.05) is 0 Å². The molecule has 0 spiro atoms. The molecular weight excluding hydrogens is 553 g/mol. The van der Waals surface area contributed by atoms with Crippen LogP contribution in [0.1, 0.15) is 19.3 Å². The number of benzene rings is 1. The molecule has 1 aromatic carbocycles. The van der Waals surface area contributed by atoms with Gasteiger partial charge < -0.3 is 20.6 Å². The molecule has 3 N–H and O–H groups in total. The Hall–Kier alpha value is -2.83. The lowest BCUT2D eigenvalue weighted by Crippen LogP contribution is -2.48. The smallest absolute Gasteiger partial charge is 0.228 e. The van der Waals surface area contributed by atoms with Crippen LogP contribution in [0, 0.1) is 11.7 Å². The second-order valence-corrected chi connectivity index (χ2v) is 11.7. The summed E-state index contributed by atoms with van der Waals surface area (Å²) in [5, 5.41) is 25.0. The van der Waals surface area contributed by atoms with Gasteiger partial charge in [0.25, 0.3) is 0 Å². The number of rotatable bonds is 9. The number of likely N-dealkylation sites (N-methyl/N-ethyl adjacent to an activating group) is 1. The van der Waals surface area contributed by atoms with Crippen molar-refractivity contribution >= 4 is 46.5 Å². The second-order valence-electron chi connectivity index (χ2n) is 10.2. The highest BCUT2D eigenvalue weighted by atomic mass is 35.5. The summed E-state index contributed by atoms with van der Waals surface area (Å²) in [5.74, 6) is 0.360. The lowest BCUT2D eigenvalue weighted by Gasteiger charge is -2.36. The number of piperazine rings is 1. The molecule has 2 atom stereocenters. The van der Waals surface area contributed by atoms with E-state index < -0.39 is 5.82 Å². The Morgan fingerprint density at radius 2 is 1.98 bits per heavy atom. The fraction of sp³-hybridized carbons (Fsp3) is 0.429. The number of nitrogens with one attached hydrogen (secondary N) is 2. The molecule has 2 aromatic heterocycles. The van der Waals surface area contributed by atoms with Crippen LogP contribution in [0.25, 0.3) is 11.3 Å². The van der Waals surface area contributed by atoms with Crippen LogP contribution in [0.3, 0.4) is 0 Å². The number of hydrogen-bond donors (Lipinski definition) is 3. The van der Waals surface area contributed by atoms with E-state index in [1.165, 1.54) is 30.0 Å². The largest absolute Gasteiger partial charge is 0.396 e. The minimum absolute atomic E-state index is 0.00948. The molecule has 2 aliphatic rings. The van der Waals surface area contributed by atoms with Crippen LogP contribution in [0.4, 0.5) is 21.6 Å². The van der Waals surface area contributed by atoms with Crippen molar-refractivity contribution in [1.29, 1.82) is 0 Å². The molecular formula is C28H33ClFN7O2S. The van der Waals surface area contributed by atoms with E-state index >= 15 is 0 Å². The van der Waals surface area contributed by atoms with Crippen LogP contribution >= 0.6 is 23.4 Å². The number of hydrogen-bond acceptors (Lipinski definition) is 9. The van der Waals surface area contributed by atoms with Gasteiger partial charge in [-0.3, -0.25) is 9.69 Å². The molecule has 1 aliphatic carbocycles. The summed E-state index contributed by atoms with van der Waals surface area (Å²) >= 11 is 7.41. The van der Waals surface area contributed by atoms with Crippen LogP contribution in [-0.2, 0) is 4.79 Å². The third-order valence-electron chi connectivity index (χ3n) is 7.41. The summed E-state index contributed by atoms with van der Waals surface area (Å²) in [7, 11) is 2.15. The molecule has 2 unspecified atom stereocenters. The molecule has 0 bridgehead atoms. The molecule has 3 aromatic rings. The van der Waals surface area contributed by atoms with Crippen LogP contribution in [0.5, 0.6) is 0 Å². The molecule has 1 saturated carbocycles. The zero-order valence-corrected chi connectivity index (χ0v) is 23.9. The minimum atomic E-state index is -0.462. The third-order valence-corrected chi connectivity index (χ3v) is 8.61. The molecule has 1 saturated heterocycles. The first-order chi connectivity index (χ1) is 19.4. The number of carbonyl (C=O) groups excluding carboxylic acids is 1. The molecule has 12 heteroatoms. The van der Waals surface area contributed by atoms with Crippen molar-refractivity contribution in [2.45, 2.75) is 30.3 Å². The fourth-order valence-corrected chi connectivity index (χ4v) is 6.04. The summed E-state index contributed by atoms with van der Waals surface area (Å²) in [6.45, 7) is 4.22. The van der Waals surface area contributed by atoms with E-state index in [0.29, 0.717) is 44.7 Å². The van der Waals surface area contributed by atoms with Gasteiger partial charge in [-0.15, -0.1) is 22.0 Å². The van der Waals surface area contributed by atoms with Gasteiger partial charge in [-0.2, -0.15) is 0 Å². The number of carbonyl (C=O) groups is 1. The first-order valence-electron chi connectivity index (χ1n) is 13.4. The van der Waals surface area contributed by atoms with Crippen molar-refractivity contribution in [3.8, 4) is 11.3 Å². The Labute approximate surface area is 242 Å². The number of aliphatic hydroxyl groups is 1. The first-order valence-corrected chi connectivity index (χ1v) is 14.8. The molecule has 40 heavy (non-hydrogen) atoms. The van der Waals surface area contributed by atoms with Crippen molar-refractivity contribution in [3.63, 3.8) is 0 Å². The predicted molar refractivity (Wildman–Crippen MR) is 157 cm³/mol. The van der Waals surface area contributed by atoms with Crippen LogP contribution in [-0.4, -0.2) is 87.6 Å². The molecule has 5 rings (SSSR count). The summed E-state index contributed by atoms with van der Waals surface area (Å²) in [5.41, 5.74) is 1.80. The average Bonchev–Trinajstić information content (AvgIpc) is 3.45. The monoisotopic (exact) mass is 585 g/mol. The van der Waals surface area contributed by atoms with Crippen LogP contribution in [0.15, 0.2) is 47.6 Å². The minimum Gasteiger partial charge on any atom is -0.396 e. The van der Waals surface area contributed by atoms with Gasteiger partial charge in [0.1, 0.15) is 16.7 Å². The van der Waals surface area contributed by atoms with Gasteiger partial charge in [-0.1, -0.05) is 11.6 Å². The van der Waals surface area contributed by atoms with E-state index in [4.69, 9.17) is 11.6 Å². The second kappa shape index (κ2) is 13.2. The maximum absolute atomic E-state index is 14.5. The molecule has 0 radical (unpaired) electrons. The van der Waals surface area contributed by atoms with Gasteiger partial charge in [0, 0.05) is 72.4 Å². The van der Waals surface area contributed by atoms with Crippen LogP contribution < -0.4 is 10.6 Å². The highest BCUT2D eigenvalue weighted by Crippen LogP contribution is 2.34. The van der Waals surface area contributed by atoms with Crippen molar-refractivity contribution in [2.24, 2.45) is 5.92 Å². The number of anilines is 3. The topological polar surface area (TPSA) is 107 Å². The van der Waals surface area contributed by atoms with Gasteiger partial charge in [0.15, 0.2) is 0 Å². The quantitative estimate of drug-likeness (QED) is 0.313. The van der Waals surface area contributed by atoms with E-state index in [0.717, 1.165) is 45.4 Å². The van der Waals surface area contributed by atoms with Crippen molar-refractivity contribution in [3.05, 3.63) is 53.4 Å². The standard InChI is InChI=1S/C28H33ClFN7O2S/c1-36-8-10-37(11-9-36)21-4-2-18(14-21)27(39)33-26-16-20(6-7-31-26)32-25-17-24(34-35-28(25)40-13-12-38)22-15-19(29)3-5-23(22)30/h3,5-7,15-18,21,38H,2,4,8-14H2,1H3,(H2,31,32,33,34,39). The van der Waals surface area contributed by atoms with Crippen LogP contribution in [0.2, 0.25) is 5.02 Å². The normalized spacial score (nSPS) is 20.0. The van der Waals surface area contributed by atoms with Crippen molar-refractivity contribution in [2.75, 3.05) is 56.2 Å². The molecule has 212 valence electrons. The van der Waals surface area contributed by atoms with Gasteiger partial charge in [0.05, 0.1) is 18.0 Å². The fourth-order valence-electron chi connectivity index (χ4n) is 5.22. The van der Waals surface area contributed by atoms with Crippen molar-refractivity contribution < 1.29 is 14.3 Å². The van der Waals surface area contributed by atoms with E-state index in [-0.39, 0.29) is 24.0 Å². The number of nitrogens with zero attached hydrogens (tertiary/aromatic N) is 5. The maximum Gasteiger partial charge on any atom is 0.228 e. The Morgan fingerprint density at radius 1 is 1.15 bits per heavy atom. The summed E-state index contributed by atoms with van der Waals surface area (Å²) in [4.78, 5) is 22.3. The zero-order valence-electron chi connectivity index (χ0n) is 22.3. The van der Waals surface area contributed by atoms with Gasteiger partial charge in [-0.25, -0.2) is 9.37 Å². The molecule has 1 amide bonds. The Kier molecular flexibility index (Phi) is 9.48. The summed E-state index contributed by atoms with van der Waals surface area (Å²) in [6, 6.07) is 9.94. The third kappa shape index (κ3) is 7.08. The van der Waals surface area contributed by atoms with Gasteiger partial charge in [-0.05, 0) is 56.6 Å². The maximum atomic E-state index is 14.5. The summed E-state index contributed by atoms with van der Waals surface area (Å²) < 4.78 is 14.5. The molecule has 1 aliphatic heterocycles. The number of thioether (sulfide) groups is 1. The number of aromatic nitrogens is 3. The number of halogens is 2. The number of pyridine rings is 1. The zero-order chi connectivity index (χ0) is 28.1. The van der Waals surface area contributed by atoms with E-state index in [9.17, 15) is 14.3 Å². The van der Waals surface area contributed by atoms with Crippen molar-refractivity contribution in [1.82, 2.24) is 25.0 Å². The van der Waals surface area contributed by atoms with Gasteiger partial charge in [0.2, 0.25) is 5.91 Å². The number of amides is 1.